The summed E-state index contributed by atoms with van der Waals surface area (Å²) in [6, 6.07) is 8.08. The summed E-state index contributed by atoms with van der Waals surface area (Å²) >= 11 is 5.90. The number of ketones is 1. The SMILES string of the molecule is CC(=O)Cc1cc2c(Nc3ccc(F)c(Cl)c3)ncnc2cc1OCCCN1CCOCC1. The van der Waals surface area contributed by atoms with Crippen molar-refractivity contribution < 1.29 is 18.7 Å². The number of fused-ring (bicyclic) bond motifs is 1. The Kier molecular flexibility index (Phi) is 7.69. The molecule has 33 heavy (non-hydrogen) atoms. The molecule has 0 amide bonds. The summed E-state index contributed by atoms with van der Waals surface area (Å²) in [5.41, 5.74) is 2.05. The minimum atomic E-state index is -0.492. The third-order valence-electron chi connectivity index (χ3n) is 5.42. The highest BCUT2D eigenvalue weighted by Gasteiger charge is 2.14. The predicted molar refractivity (Wildman–Crippen MR) is 126 cm³/mol. The molecule has 2 aromatic carbocycles. The van der Waals surface area contributed by atoms with E-state index in [4.69, 9.17) is 21.1 Å². The Morgan fingerprint density at radius 1 is 1.24 bits per heavy atom. The third kappa shape index (κ3) is 6.16. The highest BCUT2D eigenvalue weighted by Crippen LogP contribution is 2.31. The Morgan fingerprint density at radius 2 is 2.06 bits per heavy atom. The van der Waals surface area contributed by atoms with Crippen LogP contribution < -0.4 is 10.1 Å². The van der Waals surface area contributed by atoms with Crippen molar-refractivity contribution in [2.45, 2.75) is 19.8 Å². The van der Waals surface area contributed by atoms with E-state index in [1.807, 2.05) is 12.1 Å². The van der Waals surface area contributed by atoms with Crippen LogP contribution in [0, 0.1) is 5.82 Å². The number of morpholine rings is 1. The standard InChI is InChI=1S/C24H26ClFN4O3/c1-16(31)11-17-12-19-22(14-23(17)33-8-2-5-30-6-9-32-10-7-30)27-15-28-24(19)29-18-3-4-21(26)20(25)13-18/h3-4,12-15H,2,5-11H2,1H3,(H,27,28,29). The van der Waals surface area contributed by atoms with Crippen molar-refractivity contribution in [3.05, 3.63) is 53.1 Å². The number of carbonyl (C=O) groups is 1. The first-order chi connectivity index (χ1) is 16.0. The molecule has 0 radical (unpaired) electrons. The average molecular weight is 473 g/mol. The molecular formula is C24H26ClFN4O3. The van der Waals surface area contributed by atoms with Crippen molar-refractivity contribution in [3.8, 4) is 5.75 Å². The summed E-state index contributed by atoms with van der Waals surface area (Å²) in [5, 5.41) is 3.91. The lowest BCUT2D eigenvalue weighted by molar-refractivity contribution is -0.116. The number of aromatic nitrogens is 2. The second-order valence-electron chi connectivity index (χ2n) is 7.99. The van der Waals surface area contributed by atoms with E-state index in [1.165, 1.54) is 18.5 Å². The summed E-state index contributed by atoms with van der Waals surface area (Å²) in [6.07, 6.45) is 2.56. The molecule has 0 unspecified atom stereocenters. The molecule has 1 aliphatic heterocycles. The van der Waals surface area contributed by atoms with Gasteiger partial charge in [0.25, 0.3) is 0 Å². The van der Waals surface area contributed by atoms with E-state index in [0.717, 1.165) is 50.2 Å². The minimum absolute atomic E-state index is 0.0170. The number of Topliss-reactive ketones (excluding diaryl/α,β-unsaturated/α-hetero) is 1. The van der Waals surface area contributed by atoms with E-state index in [2.05, 4.69) is 20.2 Å². The van der Waals surface area contributed by atoms with Gasteiger partial charge in [0.2, 0.25) is 0 Å². The number of nitrogens with zero attached hydrogens (tertiary/aromatic N) is 3. The van der Waals surface area contributed by atoms with Crippen molar-refractivity contribution in [2.24, 2.45) is 0 Å². The maximum atomic E-state index is 13.5. The van der Waals surface area contributed by atoms with Crippen molar-refractivity contribution in [2.75, 3.05) is 44.8 Å². The van der Waals surface area contributed by atoms with Crippen LogP contribution in [0.1, 0.15) is 18.9 Å². The molecule has 0 saturated carbocycles. The van der Waals surface area contributed by atoms with Gasteiger partial charge in [-0.05, 0) is 37.6 Å². The van der Waals surface area contributed by atoms with Gasteiger partial charge in [0.1, 0.15) is 29.5 Å². The summed E-state index contributed by atoms with van der Waals surface area (Å²) in [6.45, 7) is 6.46. The first kappa shape index (κ1) is 23.4. The van der Waals surface area contributed by atoms with Gasteiger partial charge in [-0.1, -0.05) is 11.6 Å². The van der Waals surface area contributed by atoms with Crippen LogP contribution in [0.25, 0.3) is 10.9 Å². The van der Waals surface area contributed by atoms with E-state index >= 15 is 0 Å². The Bertz CT molecular complexity index is 1140. The predicted octanol–water partition coefficient (Wildman–Crippen LogP) is 4.40. The molecular weight excluding hydrogens is 447 g/mol. The molecule has 9 heteroatoms. The van der Waals surface area contributed by atoms with Crippen LogP contribution in [-0.4, -0.2) is 60.1 Å². The molecule has 0 aliphatic carbocycles. The van der Waals surface area contributed by atoms with Gasteiger partial charge in [0, 0.05) is 48.8 Å². The van der Waals surface area contributed by atoms with Gasteiger partial charge in [0.05, 0.1) is 30.4 Å². The lowest BCUT2D eigenvalue weighted by Gasteiger charge is -2.26. The van der Waals surface area contributed by atoms with Crippen molar-refractivity contribution in [1.82, 2.24) is 14.9 Å². The van der Waals surface area contributed by atoms with E-state index in [-0.39, 0.29) is 17.2 Å². The maximum absolute atomic E-state index is 13.5. The monoisotopic (exact) mass is 472 g/mol. The first-order valence-electron chi connectivity index (χ1n) is 10.9. The Hall–Kier alpha value is -2.81. The van der Waals surface area contributed by atoms with Gasteiger partial charge in [0.15, 0.2) is 0 Å². The molecule has 3 aromatic rings. The molecule has 1 N–H and O–H groups in total. The van der Waals surface area contributed by atoms with Gasteiger partial charge < -0.3 is 14.8 Å². The fourth-order valence-electron chi connectivity index (χ4n) is 3.77. The Labute approximate surface area is 196 Å². The maximum Gasteiger partial charge on any atom is 0.141 e. The minimum Gasteiger partial charge on any atom is -0.493 e. The van der Waals surface area contributed by atoms with Gasteiger partial charge in [-0.15, -0.1) is 0 Å². The fourth-order valence-corrected chi connectivity index (χ4v) is 3.96. The number of halogens is 2. The van der Waals surface area contributed by atoms with Crippen molar-refractivity contribution in [1.29, 1.82) is 0 Å². The van der Waals surface area contributed by atoms with Crippen LogP contribution in [0.2, 0.25) is 5.02 Å². The molecule has 7 nitrogen and oxygen atoms in total. The Morgan fingerprint density at radius 3 is 2.82 bits per heavy atom. The van der Waals surface area contributed by atoms with Crippen molar-refractivity contribution in [3.63, 3.8) is 0 Å². The summed E-state index contributed by atoms with van der Waals surface area (Å²) in [7, 11) is 0. The molecule has 0 bridgehead atoms. The second kappa shape index (κ2) is 10.9. The van der Waals surface area contributed by atoms with Crippen LogP contribution >= 0.6 is 11.6 Å². The Balaban J connectivity index is 1.54. The highest BCUT2D eigenvalue weighted by atomic mass is 35.5. The van der Waals surface area contributed by atoms with Crippen LogP contribution in [-0.2, 0) is 16.0 Å². The topological polar surface area (TPSA) is 76.6 Å². The summed E-state index contributed by atoms with van der Waals surface area (Å²) < 4.78 is 25.0. The number of anilines is 2. The molecule has 1 fully saturated rings. The van der Waals surface area contributed by atoms with Crippen LogP contribution in [0.3, 0.4) is 0 Å². The molecule has 1 aromatic heterocycles. The van der Waals surface area contributed by atoms with Crippen LogP contribution in [0.15, 0.2) is 36.7 Å². The van der Waals surface area contributed by atoms with Gasteiger partial charge >= 0.3 is 0 Å². The lowest BCUT2D eigenvalue weighted by atomic mass is 10.0. The van der Waals surface area contributed by atoms with Crippen molar-refractivity contribution >= 4 is 39.8 Å². The number of carbonyl (C=O) groups excluding carboxylic acids is 1. The number of benzene rings is 2. The molecule has 174 valence electrons. The quantitative estimate of drug-likeness (QED) is 0.462. The second-order valence-corrected chi connectivity index (χ2v) is 8.40. The fraction of sp³-hybridized carbons (Fsp3) is 0.375. The largest absolute Gasteiger partial charge is 0.493 e. The number of hydrogen-bond donors (Lipinski definition) is 1. The van der Waals surface area contributed by atoms with E-state index < -0.39 is 5.82 Å². The zero-order valence-electron chi connectivity index (χ0n) is 18.4. The molecule has 4 rings (SSSR count). The van der Waals surface area contributed by atoms with Gasteiger partial charge in [-0.2, -0.15) is 0 Å². The molecule has 0 atom stereocenters. The summed E-state index contributed by atoms with van der Waals surface area (Å²) in [5.74, 6) is 0.721. The van der Waals surface area contributed by atoms with E-state index in [1.54, 1.807) is 13.0 Å². The molecule has 1 aliphatic rings. The van der Waals surface area contributed by atoms with Crippen LogP contribution in [0.4, 0.5) is 15.9 Å². The van der Waals surface area contributed by atoms with E-state index in [9.17, 15) is 9.18 Å². The zero-order valence-corrected chi connectivity index (χ0v) is 19.2. The third-order valence-corrected chi connectivity index (χ3v) is 5.71. The molecule has 0 spiro atoms. The number of rotatable bonds is 9. The first-order valence-corrected chi connectivity index (χ1v) is 11.3. The molecule has 1 saturated heterocycles. The number of ether oxygens (including phenoxy) is 2. The normalized spacial score (nSPS) is 14.4. The number of hydrogen-bond acceptors (Lipinski definition) is 7. The van der Waals surface area contributed by atoms with Gasteiger partial charge in [-0.25, -0.2) is 14.4 Å². The van der Waals surface area contributed by atoms with Crippen LogP contribution in [0.5, 0.6) is 5.75 Å². The highest BCUT2D eigenvalue weighted by molar-refractivity contribution is 6.31. The average Bonchev–Trinajstić information content (AvgIpc) is 2.80. The smallest absolute Gasteiger partial charge is 0.141 e. The summed E-state index contributed by atoms with van der Waals surface area (Å²) in [4.78, 5) is 23.0. The van der Waals surface area contributed by atoms with Gasteiger partial charge in [-0.3, -0.25) is 9.69 Å². The molecule has 2 heterocycles. The lowest BCUT2D eigenvalue weighted by Crippen LogP contribution is -2.37. The number of nitrogens with one attached hydrogen (secondary N) is 1. The van der Waals surface area contributed by atoms with E-state index in [0.29, 0.717) is 29.4 Å². The zero-order chi connectivity index (χ0) is 23.2.